The molecular formula is C16H12O6. The molecule has 22 heavy (non-hydrogen) atoms. The average molecular weight is 300 g/mol. The molecule has 0 saturated heterocycles. The fraction of sp³-hybridized carbons (Fsp3) is 0. The summed E-state index contributed by atoms with van der Waals surface area (Å²) in [5.74, 6) is -3.27. The standard InChI is InChI=1S/C16H12O6/c17-12-4-2-1-3-9(12)5-6-13(18)10-7-11(16(21)22)15(20)8-14(10)19/h1-8,17,19-20H,(H,21,22)/b6-5-. The monoisotopic (exact) mass is 300 g/mol. The zero-order valence-electron chi connectivity index (χ0n) is 11.2. The molecule has 0 amide bonds. The van der Waals surface area contributed by atoms with E-state index < -0.39 is 28.8 Å². The fourth-order valence-corrected chi connectivity index (χ4v) is 1.83. The summed E-state index contributed by atoms with van der Waals surface area (Å²) in [6, 6.07) is 8.02. The van der Waals surface area contributed by atoms with Gasteiger partial charge in [-0.25, -0.2) is 4.79 Å². The topological polar surface area (TPSA) is 115 Å². The van der Waals surface area contributed by atoms with Crippen LogP contribution in [0.4, 0.5) is 0 Å². The second-order valence-electron chi connectivity index (χ2n) is 4.45. The molecule has 2 rings (SSSR count). The molecule has 0 atom stereocenters. The van der Waals surface area contributed by atoms with Crippen molar-refractivity contribution in [2.24, 2.45) is 0 Å². The van der Waals surface area contributed by atoms with E-state index in [0.29, 0.717) is 5.56 Å². The van der Waals surface area contributed by atoms with Gasteiger partial charge in [-0.2, -0.15) is 0 Å². The Labute approximate surface area is 125 Å². The molecule has 0 fully saturated rings. The van der Waals surface area contributed by atoms with Crippen molar-refractivity contribution < 1.29 is 30.0 Å². The minimum absolute atomic E-state index is 0.0206. The lowest BCUT2D eigenvalue weighted by Crippen LogP contribution is -2.02. The maximum absolute atomic E-state index is 12.0. The number of ketones is 1. The minimum atomic E-state index is -1.42. The van der Waals surface area contributed by atoms with E-state index in [0.717, 1.165) is 18.2 Å². The number of aromatic hydroxyl groups is 3. The van der Waals surface area contributed by atoms with Crippen LogP contribution in [0.25, 0.3) is 6.08 Å². The van der Waals surface area contributed by atoms with Crippen molar-refractivity contribution in [2.45, 2.75) is 0 Å². The van der Waals surface area contributed by atoms with Gasteiger partial charge in [-0.15, -0.1) is 0 Å². The molecule has 0 saturated carbocycles. The first kappa shape index (κ1) is 15.1. The summed E-state index contributed by atoms with van der Waals surface area (Å²) >= 11 is 0. The molecule has 0 aliphatic rings. The van der Waals surface area contributed by atoms with Crippen LogP contribution in [0.2, 0.25) is 0 Å². The Morgan fingerprint density at radius 1 is 0.864 bits per heavy atom. The first-order chi connectivity index (χ1) is 10.4. The molecule has 2 aromatic carbocycles. The molecule has 0 unspecified atom stereocenters. The molecule has 6 nitrogen and oxygen atoms in total. The quantitative estimate of drug-likeness (QED) is 0.509. The second kappa shape index (κ2) is 6.01. The summed E-state index contributed by atoms with van der Waals surface area (Å²) < 4.78 is 0. The number of aromatic carboxylic acids is 1. The average Bonchev–Trinajstić information content (AvgIpc) is 2.45. The van der Waals surface area contributed by atoms with Crippen LogP contribution < -0.4 is 0 Å². The lowest BCUT2D eigenvalue weighted by atomic mass is 10.0. The minimum Gasteiger partial charge on any atom is -0.507 e. The predicted molar refractivity (Wildman–Crippen MR) is 78.2 cm³/mol. The molecule has 0 radical (unpaired) electrons. The van der Waals surface area contributed by atoms with Crippen LogP contribution in [-0.4, -0.2) is 32.2 Å². The van der Waals surface area contributed by atoms with Crippen LogP contribution in [0.5, 0.6) is 17.2 Å². The number of para-hydroxylation sites is 1. The van der Waals surface area contributed by atoms with Crippen molar-refractivity contribution in [3.63, 3.8) is 0 Å². The molecule has 2 aromatic rings. The third-order valence-corrected chi connectivity index (χ3v) is 2.96. The van der Waals surface area contributed by atoms with Gasteiger partial charge in [-0.1, -0.05) is 18.2 Å². The van der Waals surface area contributed by atoms with E-state index in [1.165, 1.54) is 12.1 Å². The summed E-state index contributed by atoms with van der Waals surface area (Å²) in [7, 11) is 0. The lowest BCUT2D eigenvalue weighted by molar-refractivity contribution is 0.0693. The van der Waals surface area contributed by atoms with Crippen molar-refractivity contribution >= 4 is 17.8 Å². The highest BCUT2D eigenvalue weighted by molar-refractivity contribution is 6.10. The second-order valence-corrected chi connectivity index (χ2v) is 4.45. The number of hydrogen-bond donors (Lipinski definition) is 4. The summed E-state index contributed by atoms with van der Waals surface area (Å²) in [6.45, 7) is 0. The van der Waals surface area contributed by atoms with Crippen molar-refractivity contribution in [1.82, 2.24) is 0 Å². The van der Waals surface area contributed by atoms with Gasteiger partial charge in [0, 0.05) is 11.6 Å². The summed E-state index contributed by atoms with van der Waals surface area (Å²) in [5.41, 5.74) is -0.355. The van der Waals surface area contributed by atoms with Gasteiger partial charge in [0.05, 0.1) is 5.56 Å². The van der Waals surface area contributed by atoms with Crippen LogP contribution in [0.3, 0.4) is 0 Å². The number of carboxylic acids is 1. The SMILES string of the molecule is O=C(O)c1cc(C(=O)/C=C\c2ccccc2O)c(O)cc1O. The van der Waals surface area contributed by atoms with Gasteiger partial charge in [-0.3, -0.25) is 4.79 Å². The van der Waals surface area contributed by atoms with Crippen molar-refractivity contribution in [1.29, 1.82) is 0 Å². The van der Waals surface area contributed by atoms with E-state index >= 15 is 0 Å². The van der Waals surface area contributed by atoms with E-state index in [2.05, 4.69) is 0 Å². The number of carbonyl (C=O) groups is 2. The highest BCUT2D eigenvalue weighted by Crippen LogP contribution is 2.28. The first-order valence-electron chi connectivity index (χ1n) is 6.20. The molecule has 0 heterocycles. The zero-order chi connectivity index (χ0) is 16.3. The fourth-order valence-electron chi connectivity index (χ4n) is 1.83. The lowest BCUT2D eigenvalue weighted by Gasteiger charge is -2.05. The Morgan fingerprint density at radius 3 is 2.14 bits per heavy atom. The van der Waals surface area contributed by atoms with Crippen LogP contribution in [0.15, 0.2) is 42.5 Å². The van der Waals surface area contributed by atoms with E-state index in [1.807, 2.05) is 0 Å². The van der Waals surface area contributed by atoms with E-state index in [1.54, 1.807) is 18.2 Å². The molecule has 0 aliphatic heterocycles. The number of phenolic OH excluding ortho intramolecular Hbond substituents is 2. The van der Waals surface area contributed by atoms with Gasteiger partial charge in [0.1, 0.15) is 22.8 Å². The smallest absolute Gasteiger partial charge is 0.339 e. The number of rotatable bonds is 4. The van der Waals surface area contributed by atoms with Crippen molar-refractivity contribution in [3.8, 4) is 17.2 Å². The van der Waals surface area contributed by atoms with Gasteiger partial charge >= 0.3 is 5.97 Å². The number of allylic oxidation sites excluding steroid dienone is 1. The van der Waals surface area contributed by atoms with E-state index in [9.17, 15) is 24.9 Å². The molecule has 0 aromatic heterocycles. The van der Waals surface area contributed by atoms with Gasteiger partial charge < -0.3 is 20.4 Å². The van der Waals surface area contributed by atoms with Gasteiger partial charge in [0.15, 0.2) is 5.78 Å². The van der Waals surface area contributed by atoms with Crippen LogP contribution in [0, 0.1) is 0 Å². The normalized spacial score (nSPS) is 10.7. The number of carboxylic acid groups (broad SMARTS) is 1. The Bertz CT molecular complexity index is 776. The van der Waals surface area contributed by atoms with Crippen molar-refractivity contribution in [3.05, 3.63) is 59.2 Å². The third kappa shape index (κ3) is 3.06. The molecule has 4 N–H and O–H groups in total. The van der Waals surface area contributed by atoms with E-state index in [-0.39, 0.29) is 11.3 Å². The Balaban J connectivity index is 2.36. The zero-order valence-corrected chi connectivity index (χ0v) is 11.2. The number of hydrogen-bond acceptors (Lipinski definition) is 5. The number of phenols is 3. The molecule has 0 spiro atoms. The van der Waals surface area contributed by atoms with Crippen LogP contribution >= 0.6 is 0 Å². The summed E-state index contributed by atoms with van der Waals surface area (Å²) in [6.07, 6.45) is 2.43. The van der Waals surface area contributed by atoms with Crippen LogP contribution in [0.1, 0.15) is 26.3 Å². The molecule has 6 heteroatoms. The molecule has 112 valence electrons. The highest BCUT2D eigenvalue weighted by atomic mass is 16.4. The number of carbonyl (C=O) groups excluding carboxylic acids is 1. The number of benzene rings is 2. The van der Waals surface area contributed by atoms with E-state index in [4.69, 9.17) is 5.11 Å². The third-order valence-electron chi connectivity index (χ3n) is 2.96. The first-order valence-corrected chi connectivity index (χ1v) is 6.20. The molecule has 0 bridgehead atoms. The molecule has 0 aliphatic carbocycles. The maximum atomic E-state index is 12.0. The van der Waals surface area contributed by atoms with Gasteiger partial charge in [0.2, 0.25) is 0 Å². The predicted octanol–water partition coefficient (Wildman–Crippen LogP) is 2.40. The Morgan fingerprint density at radius 2 is 1.50 bits per heavy atom. The Hall–Kier alpha value is -3.28. The largest absolute Gasteiger partial charge is 0.507 e. The Kier molecular flexibility index (Phi) is 4.13. The molecular weight excluding hydrogens is 288 g/mol. The summed E-state index contributed by atoms with van der Waals surface area (Å²) in [4.78, 5) is 23.0. The van der Waals surface area contributed by atoms with Gasteiger partial charge in [-0.05, 0) is 24.3 Å². The maximum Gasteiger partial charge on any atom is 0.339 e. The summed E-state index contributed by atoms with van der Waals surface area (Å²) in [5, 5.41) is 37.6. The van der Waals surface area contributed by atoms with Crippen molar-refractivity contribution in [2.75, 3.05) is 0 Å². The van der Waals surface area contributed by atoms with Crippen LogP contribution in [-0.2, 0) is 0 Å². The van der Waals surface area contributed by atoms with Gasteiger partial charge in [0.25, 0.3) is 0 Å². The highest BCUT2D eigenvalue weighted by Gasteiger charge is 2.17.